The smallest absolute Gasteiger partial charge is 0.323 e. The number of sulfonamides is 1. The Hall–Kier alpha value is -0.270. The molecule has 16 heavy (non-hydrogen) atoms. The summed E-state index contributed by atoms with van der Waals surface area (Å²) >= 11 is 1.75. The number of nitrogens with one attached hydrogen (secondary N) is 1. The summed E-state index contributed by atoms with van der Waals surface area (Å²) in [5.41, 5.74) is 0. The first-order chi connectivity index (χ1) is 7.43. The van der Waals surface area contributed by atoms with Crippen molar-refractivity contribution in [3.63, 3.8) is 0 Å². The second kappa shape index (κ2) is 5.88. The van der Waals surface area contributed by atoms with Gasteiger partial charge in [-0.15, -0.1) is 0 Å². The van der Waals surface area contributed by atoms with E-state index in [9.17, 15) is 13.2 Å². The van der Waals surface area contributed by atoms with Crippen molar-refractivity contribution in [1.29, 1.82) is 0 Å². The van der Waals surface area contributed by atoms with E-state index in [4.69, 9.17) is 5.11 Å². The summed E-state index contributed by atoms with van der Waals surface area (Å²) in [6, 6.07) is 0. The van der Waals surface area contributed by atoms with Crippen molar-refractivity contribution in [3.05, 3.63) is 0 Å². The van der Waals surface area contributed by atoms with Gasteiger partial charge in [-0.2, -0.15) is 11.8 Å². The Kier molecular flexibility index (Phi) is 5.07. The van der Waals surface area contributed by atoms with E-state index in [0.29, 0.717) is 6.54 Å². The number of carbonyl (C=O) groups is 1. The number of carboxylic acids is 1. The summed E-state index contributed by atoms with van der Waals surface area (Å²) in [6.45, 7) is 1.52. The minimum Gasteiger partial charge on any atom is -0.480 e. The molecule has 1 saturated heterocycles. The van der Waals surface area contributed by atoms with Crippen molar-refractivity contribution in [2.75, 3.05) is 12.3 Å². The topological polar surface area (TPSA) is 83.5 Å². The molecule has 0 spiro atoms. The molecule has 1 fully saturated rings. The molecular weight excluding hydrogens is 250 g/mol. The maximum absolute atomic E-state index is 11.5. The van der Waals surface area contributed by atoms with Crippen LogP contribution in [0.25, 0.3) is 0 Å². The van der Waals surface area contributed by atoms with Gasteiger partial charge in [0, 0.05) is 11.8 Å². The van der Waals surface area contributed by atoms with Crippen molar-refractivity contribution >= 4 is 27.8 Å². The third-order valence-electron chi connectivity index (χ3n) is 2.60. The summed E-state index contributed by atoms with van der Waals surface area (Å²) in [6.07, 6.45) is 3.29. The van der Waals surface area contributed by atoms with Crippen LogP contribution in [0.5, 0.6) is 0 Å². The summed E-state index contributed by atoms with van der Waals surface area (Å²) < 4.78 is 25.4. The number of rotatable bonds is 5. The van der Waals surface area contributed by atoms with E-state index < -0.39 is 21.2 Å². The van der Waals surface area contributed by atoms with E-state index >= 15 is 0 Å². The van der Waals surface area contributed by atoms with Crippen LogP contribution < -0.4 is 4.72 Å². The summed E-state index contributed by atoms with van der Waals surface area (Å²) in [5, 5.41) is 7.52. The third kappa shape index (κ3) is 3.95. The van der Waals surface area contributed by atoms with Crippen LogP contribution >= 0.6 is 11.8 Å². The largest absolute Gasteiger partial charge is 0.480 e. The van der Waals surface area contributed by atoms with Crippen molar-refractivity contribution < 1.29 is 18.3 Å². The summed E-state index contributed by atoms with van der Waals surface area (Å²) in [5.74, 6) is -0.260. The van der Waals surface area contributed by atoms with Crippen LogP contribution in [0.3, 0.4) is 0 Å². The van der Waals surface area contributed by atoms with Crippen LogP contribution in [-0.4, -0.2) is 42.3 Å². The lowest BCUT2D eigenvalue weighted by atomic mass is 10.2. The minimum atomic E-state index is -3.72. The van der Waals surface area contributed by atoms with E-state index in [2.05, 4.69) is 4.72 Å². The van der Waals surface area contributed by atoms with Gasteiger partial charge in [-0.3, -0.25) is 4.79 Å². The zero-order chi connectivity index (χ0) is 12.2. The van der Waals surface area contributed by atoms with Crippen molar-refractivity contribution in [2.24, 2.45) is 0 Å². The SMILES string of the molecule is CC(C(=O)O)S(=O)(=O)NCC1CCCCS1. The Labute approximate surface area is 100 Å². The van der Waals surface area contributed by atoms with Crippen LogP contribution in [0.15, 0.2) is 0 Å². The highest BCUT2D eigenvalue weighted by molar-refractivity contribution is 8.00. The van der Waals surface area contributed by atoms with E-state index in [-0.39, 0.29) is 5.25 Å². The summed E-state index contributed by atoms with van der Waals surface area (Å²) in [4.78, 5) is 10.6. The molecule has 1 aliphatic rings. The molecule has 2 atom stereocenters. The zero-order valence-corrected chi connectivity index (χ0v) is 10.8. The Morgan fingerprint density at radius 2 is 2.25 bits per heavy atom. The predicted octanol–water partition coefficient (Wildman–Crippen LogP) is 0.665. The van der Waals surface area contributed by atoms with Crippen LogP contribution in [-0.2, 0) is 14.8 Å². The lowest BCUT2D eigenvalue weighted by Crippen LogP contribution is -2.40. The molecule has 0 saturated carbocycles. The van der Waals surface area contributed by atoms with Gasteiger partial charge in [0.1, 0.15) is 0 Å². The second-order valence-corrected chi connectivity index (χ2v) is 7.36. The number of hydrogen-bond acceptors (Lipinski definition) is 4. The van der Waals surface area contributed by atoms with Gasteiger partial charge in [0.25, 0.3) is 0 Å². The Balaban J connectivity index is 2.44. The first-order valence-corrected chi connectivity index (χ1v) is 7.86. The molecule has 1 heterocycles. The van der Waals surface area contributed by atoms with Crippen LogP contribution in [0.2, 0.25) is 0 Å². The molecule has 0 aromatic rings. The van der Waals surface area contributed by atoms with E-state index in [1.165, 1.54) is 13.3 Å². The molecule has 2 N–H and O–H groups in total. The van der Waals surface area contributed by atoms with Gasteiger partial charge < -0.3 is 5.11 Å². The molecule has 94 valence electrons. The van der Waals surface area contributed by atoms with Gasteiger partial charge in [-0.25, -0.2) is 13.1 Å². The lowest BCUT2D eigenvalue weighted by molar-refractivity contribution is -0.136. The highest BCUT2D eigenvalue weighted by atomic mass is 32.2. The molecule has 5 nitrogen and oxygen atoms in total. The Morgan fingerprint density at radius 3 is 2.75 bits per heavy atom. The van der Waals surface area contributed by atoms with Crippen molar-refractivity contribution in [1.82, 2.24) is 4.72 Å². The monoisotopic (exact) mass is 267 g/mol. The fourth-order valence-corrected chi connectivity index (χ4v) is 3.73. The van der Waals surface area contributed by atoms with Gasteiger partial charge in [0.05, 0.1) is 0 Å². The van der Waals surface area contributed by atoms with Gasteiger partial charge >= 0.3 is 5.97 Å². The Morgan fingerprint density at radius 1 is 1.56 bits per heavy atom. The maximum Gasteiger partial charge on any atom is 0.323 e. The molecule has 0 amide bonds. The molecule has 0 aliphatic carbocycles. The van der Waals surface area contributed by atoms with Gasteiger partial charge in [0.2, 0.25) is 10.0 Å². The Bertz CT molecular complexity index is 335. The minimum absolute atomic E-state index is 0.282. The van der Waals surface area contributed by atoms with Crippen LogP contribution in [0, 0.1) is 0 Å². The average Bonchev–Trinajstić information content (AvgIpc) is 2.27. The normalized spacial score (nSPS) is 23.9. The van der Waals surface area contributed by atoms with Crippen molar-refractivity contribution in [3.8, 4) is 0 Å². The van der Waals surface area contributed by atoms with E-state index in [0.717, 1.165) is 18.6 Å². The molecule has 2 unspecified atom stereocenters. The van der Waals surface area contributed by atoms with Crippen molar-refractivity contribution in [2.45, 2.75) is 36.7 Å². The standard InChI is InChI=1S/C9H17NO4S2/c1-7(9(11)12)16(13,14)10-6-8-4-2-3-5-15-8/h7-8,10H,2-6H2,1H3,(H,11,12). The molecular formula is C9H17NO4S2. The molecule has 1 aliphatic heterocycles. The van der Waals surface area contributed by atoms with Crippen LogP contribution in [0.1, 0.15) is 26.2 Å². The fourth-order valence-electron chi connectivity index (χ4n) is 1.44. The molecule has 1 rings (SSSR count). The molecule has 0 bridgehead atoms. The number of aliphatic carboxylic acids is 1. The first-order valence-electron chi connectivity index (χ1n) is 5.26. The number of thioether (sulfide) groups is 1. The predicted molar refractivity (Wildman–Crippen MR) is 64.1 cm³/mol. The van der Waals surface area contributed by atoms with E-state index in [1.54, 1.807) is 11.8 Å². The van der Waals surface area contributed by atoms with Gasteiger partial charge in [-0.05, 0) is 25.5 Å². The quantitative estimate of drug-likeness (QED) is 0.764. The van der Waals surface area contributed by atoms with Gasteiger partial charge in [-0.1, -0.05) is 6.42 Å². The maximum atomic E-state index is 11.5. The lowest BCUT2D eigenvalue weighted by Gasteiger charge is -2.21. The number of carboxylic acid groups (broad SMARTS) is 1. The average molecular weight is 267 g/mol. The first kappa shape index (κ1) is 13.8. The van der Waals surface area contributed by atoms with Gasteiger partial charge in [0.15, 0.2) is 5.25 Å². The second-order valence-electron chi connectivity index (χ2n) is 3.86. The molecule has 7 heteroatoms. The number of hydrogen-bond donors (Lipinski definition) is 2. The van der Waals surface area contributed by atoms with Crippen LogP contribution in [0.4, 0.5) is 0 Å². The molecule has 0 radical (unpaired) electrons. The molecule has 0 aromatic carbocycles. The van der Waals surface area contributed by atoms with E-state index in [1.807, 2.05) is 0 Å². The highest BCUT2D eigenvalue weighted by Crippen LogP contribution is 2.24. The fraction of sp³-hybridized carbons (Fsp3) is 0.889. The highest BCUT2D eigenvalue weighted by Gasteiger charge is 2.28. The third-order valence-corrected chi connectivity index (χ3v) is 5.70. The summed E-state index contributed by atoms with van der Waals surface area (Å²) in [7, 11) is -3.72. The molecule has 0 aromatic heterocycles. The zero-order valence-electron chi connectivity index (χ0n) is 9.18.